The third-order valence-corrected chi connectivity index (χ3v) is 1.15. The van der Waals surface area contributed by atoms with Gasteiger partial charge in [-0.3, -0.25) is 0 Å². The van der Waals surface area contributed by atoms with Crippen LogP contribution in [0.2, 0.25) is 0 Å². The summed E-state index contributed by atoms with van der Waals surface area (Å²) >= 11 is 0. The van der Waals surface area contributed by atoms with Crippen LogP contribution >= 0.6 is 0 Å². The van der Waals surface area contributed by atoms with Gasteiger partial charge >= 0.3 is 0 Å². The molecule has 0 aliphatic carbocycles. The molecule has 0 bridgehead atoms. The fourth-order valence-corrected chi connectivity index (χ4v) is 0.590. The quantitative estimate of drug-likeness (QED) is 0.584. The van der Waals surface area contributed by atoms with Gasteiger partial charge in [0.15, 0.2) is 0 Å². The van der Waals surface area contributed by atoms with Gasteiger partial charge in [-0.25, -0.2) is 9.97 Å². The van der Waals surface area contributed by atoms with Gasteiger partial charge in [-0.15, -0.1) is 0 Å². The van der Waals surface area contributed by atoms with E-state index in [1.165, 1.54) is 6.33 Å². The van der Waals surface area contributed by atoms with Crippen molar-refractivity contribution in [2.24, 2.45) is 0 Å². The van der Waals surface area contributed by atoms with Gasteiger partial charge in [0.1, 0.15) is 6.33 Å². The van der Waals surface area contributed by atoms with Gasteiger partial charge in [0, 0.05) is 6.20 Å². The van der Waals surface area contributed by atoms with Crippen LogP contribution in [-0.4, -0.2) is 15.1 Å². The Labute approximate surface area is 53.4 Å². The summed E-state index contributed by atoms with van der Waals surface area (Å²) < 4.78 is 0. The van der Waals surface area contributed by atoms with Gasteiger partial charge in [0.25, 0.3) is 0 Å². The average molecular weight is 124 g/mol. The molecule has 0 aliphatic rings. The Hall–Kier alpha value is -0.960. The second-order valence-electron chi connectivity index (χ2n) is 1.81. The third kappa shape index (κ3) is 1.23. The molecular formula is C6H8N2O. The molecule has 0 unspecified atom stereocenters. The lowest BCUT2D eigenvalue weighted by atomic mass is 10.3. The predicted molar refractivity (Wildman–Crippen MR) is 32.7 cm³/mol. The standard InChI is InChI=1S/C6H8N2O/c1-5-2-7-4-8-6(5)3-9/h2,4,9H,3H2,1H3. The molecule has 1 N–H and O–H groups in total. The first kappa shape index (κ1) is 6.16. The number of aromatic nitrogens is 2. The van der Waals surface area contributed by atoms with E-state index >= 15 is 0 Å². The van der Waals surface area contributed by atoms with Crippen LogP contribution in [0, 0.1) is 6.92 Å². The molecule has 48 valence electrons. The lowest BCUT2D eigenvalue weighted by Gasteiger charge is -1.95. The van der Waals surface area contributed by atoms with Gasteiger partial charge in [-0.1, -0.05) is 0 Å². The molecule has 1 heterocycles. The first-order chi connectivity index (χ1) is 4.34. The van der Waals surface area contributed by atoms with Crippen molar-refractivity contribution in [2.45, 2.75) is 13.5 Å². The molecule has 0 saturated carbocycles. The summed E-state index contributed by atoms with van der Waals surface area (Å²) in [7, 11) is 0. The monoisotopic (exact) mass is 124 g/mol. The molecule has 1 aromatic heterocycles. The third-order valence-electron chi connectivity index (χ3n) is 1.15. The number of hydrogen-bond acceptors (Lipinski definition) is 3. The molecule has 9 heavy (non-hydrogen) atoms. The van der Waals surface area contributed by atoms with Crippen LogP contribution < -0.4 is 0 Å². The van der Waals surface area contributed by atoms with Gasteiger partial charge in [-0.2, -0.15) is 0 Å². The minimum atomic E-state index is -0.00560. The van der Waals surface area contributed by atoms with Crippen molar-refractivity contribution in [3.8, 4) is 0 Å². The van der Waals surface area contributed by atoms with E-state index in [-0.39, 0.29) is 6.61 Å². The molecule has 0 fully saturated rings. The minimum Gasteiger partial charge on any atom is -0.390 e. The van der Waals surface area contributed by atoms with E-state index in [9.17, 15) is 0 Å². The highest BCUT2D eigenvalue weighted by Gasteiger charge is 1.93. The van der Waals surface area contributed by atoms with Crippen molar-refractivity contribution in [1.29, 1.82) is 0 Å². The zero-order valence-corrected chi connectivity index (χ0v) is 5.20. The molecule has 0 saturated heterocycles. The topological polar surface area (TPSA) is 46.0 Å². The highest BCUT2D eigenvalue weighted by atomic mass is 16.3. The number of hydrogen-bond donors (Lipinski definition) is 1. The molecule has 0 amide bonds. The Bertz CT molecular complexity index is 200. The van der Waals surface area contributed by atoms with Gasteiger partial charge in [-0.05, 0) is 12.5 Å². The summed E-state index contributed by atoms with van der Waals surface area (Å²) in [6, 6.07) is 0. The first-order valence-electron chi connectivity index (χ1n) is 2.71. The largest absolute Gasteiger partial charge is 0.390 e. The molecule has 0 aromatic carbocycles. The fraction of sp³-hybridized carbons (Fsp3) is 0.333. The molecule has 3 heteroatoms. The van der Waals surface area contributed by atoms with E-state index in [0.717, 1.165) is 5.56 Å². The van der Waals surface area contributed by atoms with Crippen molar-refractivity contribution in [3.63, 3.8) is 0 Å². The summed E-state index contributed by atoms with van der Waals surface area (Å²) in [5, 5.41) is 8.63. The molecule has 0 radical (unpaired) electrons. The van der Waals surface area contributed by atoms with Crippen LogP contribution in [0.15, 0.2) is 12.5 Å². The number of aliphatic hydroxyl groups is 1. The van der Waals surface area contributed by atoms with Gasteiger partial charge in [0.2, 0.25) is 0 Å². The molecular weight excluding hydrogens is 116 g/mol. The van der Waals surface area contributed by atoms with Crippen LogP contribution in [0.1, 0.15) is 11.3 Å². The molecule has 0 aliphatic heterocycles. The van der Waals surface area contributed by atoms with E-state index in [0.29, 0.717) is 5.69 Å². The summed E-state index contributed by atoms with van der Waals surface area (Å²) in [6.45, 7) is 1.86. The van der Waals surface area contributed by atoms with Gasteiger partial charge in [0.05, 0.1) is 12.3 Å². The van der Waals surface area contributed by atoms with Crippen molar-refractivity contribution < 1.29 is 5.11 Å². The number of nitrogens with zero attached hydrogens (tertiary/aromatic N) is 2. The average Bonchev–Trinajstić information content (AvgIpc) is 1.89. The maximum atomic E-state index is 8.63. The maximum Gasteiger partial charge on any atom is 0.115 e. The minimum absolute atomic E-state index is 0.00560. The van der Waals surface area contributed by atoms with Crippen molar-refractivity contribution >= 4 is 0 Å². The van der Waals surface area contributed by atoms with Crippen LogP contribution in [0.3, 0.4) is 0 Å². The predicted octanol–water partition coefficient (Wildman–Crippen LogP) is 0.277. The Balaban J connectivity index is 3.01. The molecule has 3 nitrogen and oxygen atoms in total. The van der Waals surface area contributed by atoms with E-state index < -0.39 is 0 Å². The van der Waals surface area contributed by atoms with Crippen LogP contribution in [0.5, 0.6) is 0 Å². The van der Waals surface area contributed by atoms with Crippen LogP contribution in [0.25, 0.3) is 0 Å². The van der Waals surface area contributed by atoms with Crippen molar-refractivity contribution in [3.05, 3.63) is 23.8 Å². The molecule has 0 spiro atoms. The van der Waals surface area contributed by atoms with E-state index in [1.807, 2.05) is 6.92 Å². The number of aryl methyl sites for hydroxylation is 1. The van der Waals surface area contributed by atoms with E-state index in [2.05, 4.69) is 9.97 Å². The van der Waals surface area contributed by atoms with Crippen LogP contribution in [-0.2, 0) is 6.61 Å². The van der Waals surface area contributed by atoms with E-state index in [4.69, 9.17) is 5.11 Å². The zero-order valence-electron chi connectivity index (χ0n) is 5.20. The SMILES string of the molecule is Cc1cncnc1CO. The van der Waals surface area contributed by atoms with Crippen LogP contribution in [0.4, 0.5) is 0 Å². The number of rotatable bonds is 1. The number of aliphatic hydroxyl groups excluding tert-OH is 1. The van der Waals surface area contributed by atoms with Gasteiger partial charge < -0.3 is 5.11 Å². The molecule has 1 aromatic rings. The van der Waals surface area contributed by atoms with Crippen molar-refractivity contribution in [2.75, 3.05) is 0 Å². The lowest BCUT2D eigenvalue weighted by Crippen LogP contribution is -1.92. The Kier molecular flexibility index (Phi) is 1.75. The molecule has 0 atom stereocenters. The Morgan fingerprint density at radius 2 is 2.44 bits per heavy atom. The van der Waals surface area contributed by atoms with E-state index in [1.54, 1.807) is 6.20 Å². The fourth-order valence-electron chi connectivity index (χ4n) is 0.590. The normalized spacial score (nSPS) is 9.56. The zero-order chi connectivity index (χ0) is 6.69. The Morgan fingerprint density at radius 1 is 1.67 bits per heavy atom. The summed E-state index contributed by atoms with van der Waals surface area (Å²) in [5.41, 5.74) is 1.63. The summed E-state index contributed by atoms with van der Waals surface area (Å²) in [6.07, 6.45) is 3.11. The maximum absolute atomic E-state index is 8.63. The lowest BCUT2D eigenvalue weighted by molar-refractivity contribution is 0.275. The molecule has 1 rings (SSSR count). The highest BCUT2D eigenvalue weighted by Crippen LogP contribution is 1.98. The second-order valence-corrected chi connectivity index (χ2v) is 1.81. The van der Waals surface area contributed by atoms with Crippen molar-refractivity contribution in [1.82, 2.24) is 9.97 Å². The highest BCUT2D eigenvalue weighted by molar-refractivity contribution is 5.11. The smallest absolute Gasteiger partial charge is 0.115 e. The summed E-state index contributed by atoms with van der Waals surface area (Å²) in [4.78, 5) is 7.61. The Morgan fingerprint density at radius 3 is 2.89 bits per heavy atom. The summed E-state index contributed by atoms with van der Waals surface area (Å²) in [5.74, 6) is 0. The second kappa shape index (κ2) is 2.55. The first-order valence-corrected chi connectivity index (χ1v) is 2.71.